The quantitative estimate of drug-likeness (QED) is 0.730. The smallest absolute Gasteiger partial charge is 0.298 e. The first-order valence-electron chi connectivity index (χ1n) is 6.06. The Hall–Kier alpha value is -1.51. The molecule has 2 saturated heterocycles. The Morgan fingerprint density at radius 3 is 2.44 bits per heavy atom. The van der Waals surface area contributed by atoms with E-state index in [1.165, 1.54) is 25.7 Å². The van der Waals surface area contributed by atoms with E-state index >= 15 is 0 Å². The molecule has 0 N–H and O–H groups in total. The third-order valence-electron chi connectivity index (χ3n) is 3.96. The minimum absolute atomic E-state index is 0.679. The lowest BCUT2D eigenvalue weighted by Gasteiger charge is -2.18. The van der Waals surface area contributed by atoms with Crippen LogP contribution in [-0.2, 0) is 0 Å². The number of aromatic nitrogens is 1. The van der Waals surface area contributed by atoms with Gasteiger partial charge in [-0.1, -0.05) is 12.1 Å². The van der Waals surface area contributed by atoms with Crippen molar-refractivity contribution in [1.82, 2.24) is 4.98 Å². The first-order chi connectivity index (χ1) is 7.92. The molecule has 1 aromatic heterocycles. The van der Waals surface area contributed by atoms with Gasteiger partial charge in [0.1, 0.15) is 5.52 Å². The van der Waals surface area contributed by atoms with Crippen LogP contribution in [0.1, 0.15) is 25.7 Å². The minimum Gasteiger partial charge on any atom is -0.423 e. The summed E-state index contributed by atoms with van der Waals surface area (Å²) in [6.45, 7) is 0. The van der Waals surface area contributed by atoms with Crippen molar-refractivity contribution < 1.29 is 4.42 Å². The van der Waals surface area contributed by atoms with Crippen molar-refractivity contribution in [3.05, 3.63) is 24.3 Å². The molecule has 0 atom stereocenters. The number of fused-ring (bicyclic) bond motifs is 3. The van der Waals surface area contributed by atoms with Crippen molar-refractivity contribution in [2.75, 3.05) is 4.90 Å². The van der Waals surface area contributed by atoms with Crippen LogP contribution in [0.2, 0.25) is 0 Å². The highest BCUT2D eigenvalue weighted by molar-refractivity contribution is 5.74. The summed E-state index contributed by atoms with van der Waals surface area (Å²) in [5, 5.41) is 0. The molecule has 0 aliphatic carbocycles. The number of oxazole rings is 1. The van der Waals surface area contributed by atoms with Crippen molar-refractivity contribution >= 4 is 17.1 Å². The maximum atomic E-state index is 5.85. The molecule has 3 nitrogen and oxygen atoms in total. The van der Waals surface area contributed by atoms with Gasteiger partial charge in [0, 0.05) is 12.1 Å². The molecular weight excluding hydrogens is 200 g/mol. The largest absolute Gasteiger partial charge is 0.423 e. The third kappa shape index (κ3) is 1.06. The highest BCUT2D eigenvalue weighted by Gasteiger charge is 2.41. The second kappa shape index (κ2) is 3.00. The van der Waals surface area contributed by atoms with Crippen LogP contribution in [0.3, 0.4) is 0 Å². The number of para-hydroxylation sites is 2. The molecule has 16 heavy (non-hydrogen) atoms. The van der Waals surface area contributed by atoms with Crippen LogP contribution in [0.5, 0.6) is 0 Å². The van der Waals surface area contributed by atoms with E-state index in [-0.39, 0.29) is 0 Å². The zero-order valence-corrected chi connectivity index (χ0v) is 9.10. The predicted octanol–water partition coefficient (Wildman–Crippen LogP) is 2.96. The summed E-state index contributed by atoms with van der Waals surface area (Å²) in [5.41, 5.74) is 1.88. The van der Waals surface area contributed by atoms with Crippen LogP contribution in [0, 0.1) is 0 Å². The molecule has 0 unspecified atom stereocenters. The van der Waals surface area contributed by atoms with Gasteiger partial charge >= 0.3 is 0 Å². The average Bonchev–Trinajstić information content (AvgIpc) is 3.01. The van der Waals surface area contributed by atoms with Gasteiger partial charge in [-0.2, -0.15) is 4.98 Å². The van der Waals surface area contributed by atoms with E-state index in [0.717, 1.165) is 17.1 Å². The SMILES string of the molecule is c1ccc2oc(N3C4CCC3CC4)nc2c1. The van der Waals surface area contributed by atoms with Gasteiger partial charge in [0.15, 0.2) is 5.58 Å². The summed E-state index contributed by atoms with van der Waals surface area (Å²) < 4.78 is 5.85. The number of benzene rings is 1. The van der Waals surface area contributed by atoms with Crippen molar-refractivity contribution in [2.24, 2.45) is 0 Å². The minimum atomic E-state index is 0.679. The van der Waals surface area contributed by atoms with Crippen molar-refractivity contribution in [1.29, 1.82) is 0 Å². The molecule has 2 bridgehead atoms. The Kier molecular flexibility index (Phi) is 1.62. The molecule has 2 aromatic rings. The summed E-state index contributed by atoms with van der Waals surface area (Å²) in [6.07, 6.45) is 5.24. The number of nitrogens with zero attached hydrogens (tertiary/aromatic N) is 2. The molecule has 2 aliphatic heterocycles. The summed E-state index contributed by atoms with van der Waals surface area (Å²) in [5.74, 6) is 0. The van der Waals surface area contributed by atoms with Gasteiger partial charge in [-0.25, -0.2) is 0 Å². The van der Waals surface area contributed by atoms with E-state index in [0.29, 0.717) is 12.1 Å². The maximum absolute atomic E-state index is 5.85. The number of anilines is 1. The molecular formula is C13H14N2O. The fourth-order valence-corrected chi connectivity index (χ4v) is 3.20. The van der Waals surface area contributed by atoms with Crippen molar-refractivity contribution in [2.45, 2.75) is 37.8 Å². The molecule has 3 heteroatoms. The summed E-state index contributed by atoms with van der Waals surface area (Å²) in [4.78, 5) is 7.00. The zero-order chi connectivity index (χ0) is 10.5. The molecule has 2 fully saturated rings. The van der Waals surface area contributed by atoms with E-state index in [4.69, 9.17) is 4.42 Å². The highest BCUT2D eigenvalue weighted by atomic mass is 16.4. The molecule has 3 heterocycles. The van der Waals surface area contributed by atoms with Gasteiger partial charge in [-0.05, 0) is 37.8 Å². The fraction of sp³-hybridized carbons (Fsp3) is 0.462. The Balaban J connectivity index is 1.82. The van der Waals surface area contributed by atoms with E-state index in [1.807, 2.05) is 24.3 Å². The first-order valence-corrected chi connectivity index (χ1v) is 6.06. The van der Waals surface area contributed by atoms with E-state index in [9.17, 15) is 0 Å². The number of rotatable bonds is 1. The Bertz CT molecular complexity index is 480. The molecule has 0 radical (unpaired) electrons. The Morgan fingerprint density at radius 2 is 1.75 bits per heavy atom. The lowest BCUT2D eigenvalue weighted by molar-refractivity contribution is 0.560. The second-order valence-electron chi connectivity index (χ2n) is 4.83. The van der Waals surface area contributed by atoms with Crippen LogP contribution in [0.25, 0.3) is 11.1 Å². The molecule has 0 saturated carbocycles. The molecule has 82 valence electrons. The van der Waals surface area contributed by atoms with Crippen molar-refractivity contribution in [3.63, 3.8) is 0 Å². The molecule has 0 amide bonds. The van der Waals surface area contributed by atoms with Crippen molar-refractivity contribution in [3.8, 4) is 0 Å². The van der Waals surface area contributed by atoms with Gasteiger partial charge in [0.25, 0.3) is 6.01 Å². The molecule has 4 rings (SSSR count). The first kappa shape index (κ1) is 8.62. The molecule has 0 spiro atoms. The molecule has 2 aliphatic rings. The van der Waals surface area contributed by atoms with Gasteiger partial charge in [0.2, 0.25) is 0 Å². The third-order valence-corrected chi connectivity index (χ3v) is 3.96. The lowest BCUT2D eigenvalue weighted by Crippen LogP contribution is -2.28. The topological polar surface area (TPSA) is 29.3 Å². The van der Waals surface area contributed by atoms with Crippen LogP contribution >= 0.6 is 0 Å². The highest BCUT2D eigenvalue weighted by Crippen LogP contribution is 2.41. The summed E-state index contributed by atoms with van der Waals surface area (Å²) >= 11 is 0. The van der Waals surface area contributed by atoms with Gasteiger partial charge in [-0.3, -0.25) is 0 Å². The van der Waals surface area contributed by atoms with Crippen LogP contribution in [-0.4, -0.2) is 17.1 Å². The van der Waals surface area contributed by atoms with Gasteiger partial charge < -0.3 is 9.32 Å². The zero-order valence-electron chi connectivity index (χ0n) is 9.10. The predicted molar refractivity (Wildman–Crippen MR) is 62.5 cm³/mol. The van der Waals surface area contributed by atoms with E-state index < -0.39 is 0 Å². The van der Waals surface area contributed by atoms with Crippen LogP contribution in [0.15, 0.2) is 28.7 Å². The fourth-order valence-electron chi connectivity index (χ4n) is 3.20. The van der Waals surface area contributed by atoms with Gasteiger partial charge in [0.05, 0.1) is 0 Å². The maximum Gasteiger partial charge on any atom is 0.298 e. The van der Waals surface area contributed by atoms with Crippen LogP contribution < -0.4 is 4.90 Å². The number of hydrogen-bond acceptors (Lipinski definition) is 3. The van der Waals surface area contributed by atoms with Gasteiger partial charge in [-0.15, -0.1) is 0 Å². The Morgan fingerprint density at radius 1 is 1.06 bits per heavy atom. The standard InChI is InChI=1S/C13H14N2O/c1-2-4-12-11(3-1)14-13(16-12)15-9-5-6-10(15)8-7-9/h1-4,9-10H,5-8H2. The lowest BCUT2D eigenvalue weighted by atomic mass is 10.0. The molecule has 1 aromatic carbocycles. The number of hydrogen-bond donors (Lipinski definition) is 0. The monoisotopic (exact) mass is 214 g/mol. The summed E-state index contributed by atoms with van der Waals surface area (Å²) in [6, 6.07) is 10.2. The van der Waals surface area contributed by atoms with E-state index in [2.05, 4.69) is 9.88 Å². The Labute approximate surface area is 94.1 Å². The summed E-state index contributed by atoms with van der Waals surface area (Å²) in [7, 11) is 0. The van der Waals surface area contributed by atoms with E-state index in [1.54, 1.807) is 0 Å². The second-order valence-corrected chi connectivity index (χ2v) is 4.83. The average molecular weight is 214 g/mol. The normalized spacial score (nSPS) is 28.1. The van der Waals surface area contributed by atoms with Crippen LogP contribution in [0.4, 0.5) is 6.01 Å².